The number of ether oxygens (including phenoxy) is 6. The predicted octanol–water partition coefficient (Wildman–Crippen LogP) is 6.13. The first-order chi connectivity index (χ1) is 21.2. The van der Waals surface area contributed by atoms with Gasteiger partial charge >= 0.3 is 12.1 Å². The molecule has 0 aromatic heterocycles. The van der Waals surface area contributed by atoms with Gasteiger partial charge in [0.25, 0.3) is 0 Å². The van der Waals surface area contributed by atoms with E-state index < -0.39 is 53.1 Å². The van der Waals surface area contributed by atoms with Crippen LogP contribution in [0.15, 0.2) is 91.0 Å². The fraction of sp³-hybridized carbons (Fsp3) is 0.375. The van der Waals surface area contributed by atoms with Gasteiger partial charge < -0.3 is 33.7 Å². The van der Waals surface area contributed by atoms with Crippen molar-refractivity contribution < 1.29 is 38.0 Å². The average Bonchev–Trinajstić information content (AvgIpc) is 3.00. The van der Waals surface area contributed by atoms with E-state index in [0.717, 1.165) is 16.7 Å². The van der Waals surface area contributed by atoms with Gasteiger partial charge in [-0.2, -0.15) is 0 Å². The van der Waals surface area contributed by atoms with Crippen LogP contribution in [0.5, 0.6) is 0 Å². The molecule has 0 spiro atoms. The summed E-state index contributed by atoms with van der Waals surface area (Å²) in [6.07, 6.45) is -4.67. The second kappa shape index (κ2) is 17.0. The van der Waals surface area contributed by atoms with E-state index in [0.29, 0.717) is 6.61 Å². The van der Waals surface area contributed by atoms with Gasteiger partial charge in [0.2, 0.25) is 10.1 Å². The van der Waals surface area contributed by atoms with Crippen LogP contribution in [0.1, 0.15) is 23.6 Å². The molecule has 236 valence electrons. The van der Waals surface area contributed by atoms with Gasteiger partial charge in [-0.25, -0.2) is 4.79 Å². The minimum atomic E-state index is -1.83. The van der Waals surface area contributed by atoms with E-state index in [4.69, 9.17) is 63.2 Å². The van der Waals surface area contributed by atoms with Crippen LogP contribution in [-0.4, -0.2) is 59.7 Å². The van der Waals surface area contributed by atoms with Crippen LogP contribution >= 0.6 is 34.8 Å². The van der Waals surface area contributed by atoms with E-state index in [1.807, 2.05) is 91.0 Å². The third-order valence-electron chi connectivity index (χ3n) is 6.54. The lowest BCUT2D eigenvalue weighted by Gasteiger charge is -2.45. The van der Waals surface area contributed by atoms with Crippen LogP contribution in [0.4, 0.5) is 4.79 Å². The lowest BCUT2D eigenvalue weighted by molar-refractivity contribution is -0.282. The lowest BCUT2D eigenvalue weighted by Crippen LogP contribution is -2.66. The number of nitrogens with one attached hydrogen (secondary N) is 1. The van der Waals surface area contributed by atoms with Gasteiger partial charge in [0, 0.05) is 6.92 Å². The van der Waals surface area contributed by atoms with Gasteiger partial charge in [0.15, 0.2) is 0 Å². The van der Waals surface area contributed by atoms with Gasteiger partial charge in [-0.15, -0.1) is 0 Å². The molecular formula is C32H34Cl3NO8. The Kier molecular flexibility index (Phi) is 13.1. The fourth-order valence-corrected chi connectivity index (χ4v) is 4.74. The highest BCUT2D eigenvalue weighted by Crippen LogP contribution is 2.30. The highest BCUT2D eigenvalue weighted by molar-refractivity contribution is 6.67. The summed E-state index contributed by atoms with van der Waals surface area (Å²) in [6, 6.07) is 27.6. The Morgan fingerprint density at radius 2 is 1.27 bits per heavy atom. The number of hydrogen-bond acceptors (Lipinski definition) is 8. The molecule has 0 bridgehead atoms. The Bertz CT molecular complexity index is 1300. The molecule has 12 heteroatoms. The molecule has 1 heterocycles. The predicted molar refractivity (Wildman–Crippen MR) is 165 cm³/mol. The summed E-state index contributed by atoms with van der Waals surface area (Å²) >= 11 is 17.3. The summed E-state index contributed by atoms with van der Waals surface area (Å²) in [6.45, 7) is 1.46. The van der Waals surface area contributed by atoms with Crippen molar-refractivity contribution in [2.45, 2.75) is 61.2 Å². The van der Waals surface area contributed by atoms with Crippen LogP contribution in [0.2, 0.25) is 0 Å². The molecule has 1 N–H and O–H groups in total. The van der Waals surface area contributed by atoms with E-state index in [1.165, 1.54) is 6.92 Å². The molecule has 0 radical (unpaired) electrons. The summed E-state index contributed by atoms with van der Waals surface area (Å²) in [4.78, 5) is 25.1. The molecule has 0 saturated carbocycles. The first-order valence-electron chi connectivity index (χ1n) is 13.9. The van der Waals surface area contributed by atoms with Crippen molar-refractivity contribution in [2.24, 2.45) is 0 Å². The number of esters is 1. The van der Waals surface area contributed by atoms with Crippen molar-refractivity contribution in [1.82, 2.24) is 5.32 Å². The van der Waals surface area contributed by atoms with Crippen molar-refractivity contribution in [3.63, 3.8) is 0 Å². The largest absolute Gasteiger partial charge is 0.445 e. The molecule has 0 unspecified atom stereocenters. The van der Waals surface area contributed by atoms with Gasteiger partial charge in [0.1, 0.15) is 31.0 Å². The number of amides is 1. The standard InChI is InChI=1S/C32H34Cl3NO8/c1-22(37)43-30-27(36-31(38)42-21-32(33,34)35)29(41-19-25-15-9-4-10-16-25)28(40-18-24-13-7-3-8-14-24)26(44-30)20-39-17-23-11-5-2-6-12-23/h2-16,26-30H,17-21H2,1H3,(H,36,38)/t26-,27-,28-,29-,30+/m1/s1. The minimum absolute atomic E-state index is 0.0712. The third kappa shape index (κ3) is 11.2. The molecule has 44 heavy (non-hydrogen) atoms. The molecule has 3 aromatic rings. The molecule has 4 rings (SSSR count). The van der Waals surface area contributed by atoms with Crippen LogP contribution in [-0.2, 0) is 53.0 Å². The molecular weight excluding hydrogens is 633 g/mol. The third-order valence-corrected chi connectivity index (χ3v) is 6.87. The van der Waals surface area contributed by atoms with Crippen molar-refractivity contribution in [3.05, 3.63) is 108 Å². The number of halogens is 3. The topological polar surface area (TPSA) is 102 Å². The van der Waals surface area contributed by atoms with Crippen molar-refractivity contribution >= 4 is 46.9 Å². The summed E-state index contributed by atoms with van der Waals surface area (Å²) in [7, 11) is 0. The van der Waals surface area contributed by atoms with E-state index in [1.54, 1.807) is 0 Å². The number of alkyl halides is 3. The molecule has 1 amide bonds. The molecule has 9 nitrogen and oxygen atoms in total. The number of alkyl carbamates (subject to hydrolysis) is 1. The first-order valence-corrected chi connectivity index (χ1v) is 15.1. The summed E-state index contributed by atoms with van der Waals surface area (Å²) in [5.41, 5.74) is 2.75. The van der Waals surface area contributed by atoms with Gasteiger partial charge in [-0.3, -0.25) is 4.79 Å². The zero-order chi connectivity index (χ0) is 31.4. The first kappa shape index (κ1) is 34.0. The maximum Gasteiger partial charge on any atom is 0.407 e. The van der Waals surface area contributed by atoms with Crippen molar-refractivity contribution in [3.8, 4) is 0 Å². The van der Waals surface area contributed by atoms with Gasteiger partial charge in [-0.1, -0.05) is 126 Å². The normalized spacial score (nSPS) is 21.8. The molecule has 1 fully saturated rings. The molecule has 5 atom stereocenters. The summed E-state index contributed by atoms with van der Waals surface area (Å²) in [5.74, 6) is -0.633. The maximum absolute atomic E-state index is 12.9. The second-order valence-corrected chi connectivity index (χ2v) is 12.6. The second-order valence-electron chi connectivity index (χ2n) is 10.0. The van der Waals surface area contributed by atoms with E-state index in [-0.39, 0.29) is 19.8 Å². The van der Waals surface area contributed by atoms with Crippen LogP contribution in [0, 0.1) is 0 Å². The smallest absolute Gasteiger partial charge is 0.407 e. The van der Waals surface area contributed by atoms with Gasteiger partial charge in [-0.05, 0) is 16.7 Å². The monoisotopic (exact) mass is 665 g/mol. The van der Waals surface area contributed by atoms with Crippen LogP contribution < -0.4 is 5.32 Å². The Balaban J connectivity index is 1.63. The number of hydrogen-bond donors (Lipinski definition) is 1. The zero-order valence-electron chi connectivity index (χ0n) is 24.0. The molecule has 0 aliphatic carbocycles. The van der Waals surface area contributed by atoms with Gasteiger partial charge in [0.05, 0.1) is 26.4 Å². The molecule has 1 aliphatic heterocycles. The molecule has 1 saturated heterocycles. The average molecular weight is 667 g/mol. The molecule has 3 aromatic carbocycles. The Labute approximate surface area is 271 Å². The quantitative estimate of drug-likeness (QED) is 0.172. The maximum atomic E-state index is 12.9. The SMILES string of the molecule is CC(=O)O[C@H]1O[C@H](COCc2ccccc2)[C@@H](OCc2ccccc2)[C@H](OCc2ccccc2)[C@H]1NC(=O)OCC(Cl)(Cl)Cl. The van der Waals surface area contributed by atoms with Crippen molar-refractivity contribution in [1.29, 1.82) is 0 Å². The summed E-state index contributed by atoms with van der Waals surface area (Å²) < 4.78 is 34.0. The van der Waals surface area contributed by atoms with Crippen LogP contribution in [0.25, 0.3) is 0 Å². The summed E-state index contributed by atoms with van der Waals surface area (Å²) in [5, 5.41) is 2.68. The fourth-order valence-electron chi connectivity index (χ4n) is 4.58. The number of carbonyl (C=O) groups excluding carboxylic acids is 2. The number of rotatable bonds is 13. The highest BCUT2D eigenvalue weighted by Gasteiger charge is 2.50. The number of benzene rings is 3. The highest BCUT2D eigenvalue weighted by atomic mass is 35.6. The zero-order valence-corrected chi connectivity index (χ0v) is 26.3. The molecule has 1 aliphatic rings. The van der Waals surface area contributed by atoms with E-state index in [9.17, 15) is 9.59 Å². The van der Waals surface area contributed by atoms with E-state index >= 15 is 0 Å². The van der Waals surface area contributed by atoms with Crippen molar-refractivity contribution in [2.75, 3.05) is 13.2 Å². The van der Waals surface area contributed by atoms with Crippen LogP contribution in [0.3, 0.4) is 0 Å². The lowest BCUT2D eigenvalue weighted by atomic mass is 9.96. The Morgan fingerprint density at radius 1 is 0.773 bits per heavy atom. The minimum Gasteiger partial charge on any atom is -0.445 e. The Hall–Kier alpha value is -2.89. The Morgan fingerprint density at radius 3 is 1.77 bits per heavy atom. The number of carbonyl (C=O) groups is 2. The van der Waals surface area contributed by atoms with E-state index in [2.05, 4.69) is 5.32 Å².